The first-order chi connectivity index (χ1) is 9.95. The van der Waals surface area contributed by atoms with Crippen LogP contribution in [-0.4, -0.2) is 15.6 Å². The van der Waals surface area contributed by atoms with Crippen LogP contribution in [0.25, 0.3) is 11.3 Å². The second-order valence-corrected chi connectivity index (χ2v) is 5.27. The molecule has 1 N–H and O–H groups in total. The lowest BCUT2D eigenvalue weighted by Crippen LogP contribution is -2.22. The SMILES string of the molecule is CCCn1c(C)cc(=O)c(C(=O)O)c1-c1ccc(Cl)cc1. The normalized spacial score (nSPS) is 10.6. The molecule has 0 unspecified atom stereocenters. The predicted molar refractivity (Wildman–Crippen MR) is 83.1 cm³/mol. The largest absolute Gasteiger partial charge is 0.477 e. The molecule has 0 saturated carbocycles. The van der Waals surface area contributed by atoms with Gasteiger partial charge in [-0.1, -0.05) is 30.7 Å². The topological polar surface area (TPSA) is 59.3 Å². The van der Waals surface area contributed by atoms with Gasteiger partial charge < -0.3 is 9.67 Å². The molecule has 110 valence electrons. The van der Waals surface area contributed by atoms with Gasteiger partial charge in [-0.15, -0.1) is 0 Å². The molecule has 5 heteroatoms. The van der Waals surface area contributed by atoms with E-state index in [-0.39, 0.29) is 5.56 Å². The van der Waals surface area contributed by atoms with Crippen molar-refractivity contribution in [1.29, 1.82) is 0 Å². The number of hydrogen-bond donors (Lipinski definition) is 1. The number of aromatic carboxylic acids is 1. The molecule has 4 nitrogen and oxygen atoms in total. The lowest BCUT2D eigenvalue weighted by Gasteiger charge is -2.18. The molecular formula is C16H16ClNO3. The number of carboxylic acid groups (broad SMARTS) is 1. The molecule has 0 atom stereocenters. The van der Waals surface area contributed by atoms with Gasteiger partial charge in [0.05, 0.1) is 5.69 Å². The predicted octanol–water partition coefficient (Wildman–Crippen LogP) is 3.59. The molecule has 0 saturated heterocycles. The van der Waals surface area contributed by atoms with Gasteiger partial charge in [0.1, 0.15) is 5.56 Å². The Kier molecular flexibility index (Phi) is 4.48. The van der Waals surface area contributed by atoms with Gasteiger partial charge >= 0.3 is 5.97 Å². The molecule has 0 amide bonds. The summed E-state index contributed by atoms with van der Waals surface area (Å²) in [5.41, 5.74) is 1.18. The number of aromatic nitrogens is 1. The summed E-state index contributed by atoms with van der Waals surface area (Å²) in [4.78, 5) is 23.6. The van der Waals surface area contributed by atoms with E-state index in [9.17, 15) is 14.7 Å². The van der Waals surface area contributed by atoms with Crippen LogP contribution in [0.2, 0.25) is 5.02 Å². The van der Waals surface area contributed by atoms with Crippen molar-refractivity contribution in [1.82, 2.24) is 4.57 Å². The fourth-order valence-corrected chi connectivity index (χ4v) is 2.52. The molecule has 2 aromatic rings. The zero-order valence-electron chi connectivity index (χ0n) is 11.9. The fourth-order valence-electron chi connectivity index (χ4n) is 2.39. The Morgan fingerprint density at radius 2 is 1.90 bits per heavy atom. The van der Waals surface area contributed by atoms with E-state index in [1.54, 1.807) is 24.3 Å². The van der Waals surface area contributed by atoms with Crippen molar-refractivity contribution in [3.05, 3.63) is 56.8 Å². The molecular weight excluding hydrogens is 290 g/mol. The summed E-state index contributed by atoms with van der Waals surface area (Å²) in [6.07, 6.45) is 0.837. The van der Waals surface area contributed by atoms with Crippen molar-refractivity contribution in [2.24, 2.45) is 0 Å². The van der Waals surface area contributed by atoms with E-state index in [2.05, 4.69) is 0 Å². The Morgan fingerprint density at radius 3 is 2.43 bits per heavy atom. The number of hydrogen-bond acceptors (Lipinski definition) is 2. The van der Waals surface area contributed by atoms with Crippen molar-refractivity contribution in [2.45, 2.75) is 26.8 Å². The van der Waals surface area contributed by atoms with Crippen molar-refractivity contribution in [2.75, 3.05) is 0 Å². The highest BCUT2D eigenvalue weighted by atomic mass is 35.5. The van der Waals surface area contributed by atoms with Crippen LogP contribution in [0, 0.1) is 6.92 Å². The first-order valence-corrected chi connectivity index (χ1v) is 7.07. The maximum absolute atomic E-state index is 12.1. The Morgan fingerprint density at radius 1 is 1.29 bits per heavy atom. The maximum Gasteiger partial charge on any atom is 0.341 e. The van der Waals surface area contributed by atoms with Gasteiger partial charge in [0, 0.05) is 23.3 Å². The monoisotopic (exact) mass is 305 g/mol. The van der Waals surface area contributed by atoms with Crippen LogP contribution in [0.4, 0.5) is 0 Å². The third kappa shape index (κ3) is 3.00. The third-order valence-corrected chi connectivity index (χ3v) is 3.55. The van der Waals surface area contributed by atoms with E-state index in [0.29, 0.717) is 22.8 Å². The number of rotatable bonds is 4. The summed E-state index contributed by atoms with van der Waals surface area (Å²) in [5, 5.41) is 9.97. The highest BCUT2D eigenvalue weighted by Crippen LogP contribution is 2.25. The van der Waals surface area contributed by atoms with E-state index in [1.807, 2.05) is 18.4 Å². The maximum atomic E-state index is 12.1. The molecule has 0 aliphatic heterocycles. The second-order valence-electron chi connectivity index (χ2n) is 4.84. The molecule has 0 bridgehead atoms. The first-order valence-electron chi connectivity index (χ1n) is 6.69. The molecule has 0 aliphatic carbocycles. The minimum absolute atomic E-state index is 0.198. The van der Waals surface area contributed by atoms with E-state index >= 15 is 0 Å². The van der Waals surface area contributed by atoms with E-state index in [0.717, 1.165) is 12.1 Å². The number of carboxylic acids is 1. The highest BCUT2D eigenvalue weighted by molar-refractivity contribution is 6.30. The molecule has 1 heterocycles. The third-order valence-electron chi connectivity index (χ3n) is 3.30. The molecule has 2 rings (SSSR count). The van der Waals surface area contributed by atoms with Crippen LogP contribution in [0.1, 0.15) is 29.4 Å². The number of benzene rings is 1. The Hall–Kier alpha value is -2.07. The van der Waals surface area contributed by atoms with Gasteiger partial charge in [-0.2, -0.15) is 0 Å². The average Bonchev–Trinajstić information content (AvgIpc) is 2.42. The summed E-state index contributed by atoms with van der Waals surface area (Å²) in [6, 6.07) is 8.21. The van der Waals surface area contributed by atoms with Crippen LogP contribution in [0.15, 0.2) is 35.1 Å². The van der Waals surface area contributed by atoms with Crippen LogP contribution in [0.3, 0.4) is 0 Å². The van der Waals surface area contributed by atoms with Gasteiger partial charge in [0.25, 0.3) is 0 Å². The molecule has 1 aromatic heterocycles. The van der Waals surface area contributed by atoms with Crippen molar-refractivity contribution >= 4 is 17.6 Å². The van der Waals surface area contributed by atoms with Gasteiger partial charge in [-0.25, -0.2) is 4.79 Å². The summed E-state index contributed by atoms with van der Waals surface area (Å²) in [7, 11) is 0. The Labute approximate surface area is 127 Å². The zero-order valence-corrected chi connectivity index (χ0v) is 12.6. The fraction of sp³-hybridized carbons (Fsp3) is 0.250. The van der Waals surface area contributed by atoms with Gasteiger partial charge in [-0.05, 0) is 31.0 Å². The lowest BCUT2D eigenvalue weighted by atomic mass is 10.0. The minimum atomic E-state index is -1.21. The summed E-state index contributed by atoms with van der Waals surface area (Å²) >= 11 is 5.88. The van der Waals surface area contributed by atoms with Crippen LogP contribution in [0.5, 0.6) is 0 Å². The number of aryl methyl sites for hydroxylation is 1. The molecule has 0 radical (unpaired) electrons. The number of nitrogens with zero attached hydrogens (tertiary/aromatic N) is 1. The van der Waals surface area contributed by atoms with Gasteiger partial charge in [0.15, 0.2) is 5.43 Å². The second kappa shape index (κ2) is 6.14. The lowest BCUT2D eigenvalue weighted by molar-refractivity contribution is 0.0695. The van der Waals surface area contributed by atoms with Crippen LogP contribution in [-0.2, 0) is 6.54 Å². The smallest absolute Gasteiger partial charge is 0.341 e. The van der Waals surface area contributed by atoms with Crippen molar-refractivity contribution in [3.63, 3.8) is 0 Å². The summed E-state index contributed by atoms with van der Waals surface area (Å²) in [6.45, 7) is 4.45. The van der Waals surface area contributed by atoms with E-state index in [1.165, 1.54) is 6.07 Å². The van der Waals surface area contributed by atoms with Gasteiger partial charge in [0.2, 0.25) is 0 Å². The number of pyridine rings is 1. The van der Waals surface area contributed by atoms with Crippen molar-refractivity contribution in [3.8, 4) is 11.3 Å². The summed E-state index contributed by atoms with van der Waals surface area (Å²) in [5.74, 6) is -1.21. The summed E-state index contributed by atoms with van der Waals surface area (Å²) < 4.78 is 1.87. The average molecular weight is 306 g/mol. The van der Waals surface area contributed by atoms with Gasteiger partial charge in [-0.3, -0.25) is 4.79 Å². The first kappa shape index (κ1) is 15.3. The number of halogens is 1. The molecule has 0 spiro atoms. The molecule has 21 heavy (non-hydrogen) atoms. The quantitative estimate of drug-likeness (QED) is 0.939. The van der Waals surface area contributed by atoms with Crippen LogP contribution < -0.4 is 5.43 Å². The Balaban J connectivity index is 2.84. The highest BCUT2D eigenvalue weighted by Gasteiger charge is 2.20. The van der Waals surface area contributed by atoms with E-state index in [4.69, 9.17) is 11.6 Å². The minimum Gasteiger partial charge on any atom is -0.477 e. The zero-order chi connectivity index (χ0) is 15.6. The number of carbonyl (C=O) groups is 1. The Bertz CT molecular complexity index is 732. The van der Waals surface area contributed by atoms with E-state index < -0.39 is 11.4 Å². The van der Waals surface area contributed by atoms with Crippen LogP contribution >= 0.6 is 11.6 Å². The molecule has 0 aliphatic rings. The molecule has 1 aromatic carbocycles. The van der Waals surface area contributed by atoms with Crippen molar-refractivity contribution < 1.29 is 9.90 Å². The standard InChI is InChI=1S/C16H16ClNO3/c1-3-8-18-10(2)9-13(19)14(16(20)21)15(18)11-4-6-12(17)7-5-11/h4-7,9H,3,8H2,1-2H3,(H,20,21). The molecule has 0 fully saturated rings.